The average Bonchev–Trinajstić information content (AvgIpc) is 2.80. The van der Waals surface area contributed by atoms with Gasteiger partial charge in [-0.15, -0.1) is 0 Å². The van der Waals surface area contributed by atoms with E-state index in [1.165, 1.54) is 25.0 Å². The second kappa shape index (κ2) is 9.15. The first kappa shape index (κ1) is 20.2. The molecule has 2 aliphatic heterocycles. The van der Waals surface area contributed by atoms with E-state index in [9.17, 15) is 10.2 Å². The lowest BCUT2D eigenvalue weighted by molar-refractivity contribution is 0.403. The van der Waals surface area contributed by atoms with Crippen molar-refractivity contribution in [2.24, 2.45) is 5.10 Å². The van der Waals surface area contributed by atoms with Gasteiger partial charge in [0.25, 0.3) is 5.95 Å². The summed E-state index contributed by atoms with van der Waals surface area (Å²) in [6.45, 7) is 3.84. The molecule has 9 nitrogen and oxygen atoms in total. The van der Waals surface area contributed by atoms with Crippen molar-refractivity contribution in [1.82, 2.24) is 15.0 Å². The summed E-state index contributed by atoms with van der Waals surface area (Å²) >= 11 is 0. The maximum Gasteiger partial charge on any atom is 0.252 e. The van der Waals surface area contributed by atoms with Crippen molar-refractivity contribution in [1.29, 1.82) is 0 Å². The molecule has 0 atom stereocenters. The number of piperidine rings is 2. The van der Waals surface area contributed by atoms with Crippen molar-refractivity contribution in [2.45, 2.75) is 38.5 Å². The molecule has 2 saturated heterocycles. The van der Waals surface area contributed by atoms with Crippen LogP contribution in [0.25, 0.3) is 0 Å². The normalized spacial score (nSPS) is 17.5. The Morgan fingerprint density at radius 1 is 0.833 bits per heavy atom. The van der Waals surface area contributed by atoms with Gasteiger partial charge in [0.05, 0.1) is 6.21 Å². The molecule has 0 amide bonds. The van der Waals surface area contributed by atoms with Crippen molar-refractivity contribution in [3.63, 3.8) is 0 Å². The summed E-state index contributed by atoms with van der Waals surface area (Å²) in [7, 11) is 1.80. The van der Waals surface area contributed by atoms with Crippen molar-refractivity contribution >= 4 is 24.1 Å². The molecule has 2 aliphatic rings. The molecule has 0 spiro atoms. The van der Waals surface area contributed by atoms with Gasteiger partial charge in [0.15, 0.2) is 11.5 Å². The first-order chi connectivity index (χ1) is 14.6. The second-order valence-electron chi connectivity index (χ2n) is 7.85. The summed E-state index contributed by atoms with van der Waals surface area (Å²) in [4.78, 5) is 18.7. The average molecular weight is 412 g/mol. The zero-order chi connectivity index (χ0) is 20.9. The molecule has 2 aromatic rings. The second-order valence-corrected chi connectivity index (χ2v) is 7.85. The van der Waals surface area contributed by atoms with E-state index >= 15 is 0 Å². The highest BCUT2D eigenvalue weighted by atomic mass is 16.3. The molecule has 0 aliphatic carbocycles. The van der Waals surface area contributed by atoms with E-state index in [1.54, 1.807) is 24.3 Å². The fraction of sp³-hybridized carbons (Fsp3) is 0.524. The quantitative estimate of drug-likeness (QED) is 0.440. The molecule has 0 unspecified atom stereocenters. The molecule has 2 N–H and O–H groups in total. The molecule has 0 saturated carbocycles. The largest absolute Gasteiger partial charge is 0.504 e. The first-order valence-electron chi connectivity index (χ1n) is 10.7. The molecule has 4 rings (SSSR count). The fourth-order valence-corrected chi connectivity index (χ4v) is 3.78. The molecular weight excluding hydrogens is 382 g/mol. The summed E-state index contributed by atoms with van der Waals surface area (Å²) in [5.41, 5.74) is 0.665. The van der Waals surface area contributed by atoms with Gasteiger partial charge in [-0.1, -0.05) is 0 Å². The minimum absolute atomic E-state index is 0.157. The van der Waals surface area contributed by atoms with Gasteiger partial charge in [-0.3, -0.25) is 0 Å². The van der Waals surface area contributed by atoms with E-state index in [2.05, 4.69) is 14.9 Å². The lowest BCUT2D eigenvalue weighted by Gasteiger charge is -2.30. The number of phenolic OH excluding ortho intramolecular Hbond substituents is 2. The smallest absolute Gasteiger partial charge is 0.252 e. The van der Waals surface area contributed by atoms with E-state index < -0.39 is 0 Å². The first-order valence-corrected chi connectivity index (χ1v) is 10.7. The van der Waals surface area contributed by atoms with E-state index in [4.69, 9.17) is 15.0 Å². The number of aromatic hydroxyl groups is 2. The van der Waals surface area contributed by atoms with E-state index in [0.717, 1.165) is 51.9 Å². The zero-order valence-electron chi connectivity index (χ0n) is 17.4. The standard InChI is InChI=1S/C21H29N7O2/c1-26(22-15-16-8-9-17(29)18(30)14-16)19-23-20(27-10-4-2-5-11-27)25-21(24-19)28-12-6-3-7-13-28/h8-9,14-15,29-30H,2-7,10-13H2,1H3/b22-15+. The van der Waals surface area contributed by atoms with Gasteiger partial charge in [0, 0.05) is 33.2 Å². The van der Waals surface area contributed by atoms with Crippen LogP contribution < -0.4 is 14.8 Å². The van der Waals surface area contributed by atoms with Crippen LogP contribution in [0, 0.1) is 0 Å². The number of aromatic nitrogens is 3. The Labute approximate surface area is 176 Å². The molecule has 30 heavy (non-hydrogen) atoms. The van der Waals surface area contributed by atoms with Gasteiger partial charge in [-0.2, -0.15) is 20.1 Å². The van der Waals surface area contributed by atoms with Crippen LogP contribution in [-0.2, 0) is 0 Å². The summed E-state index contributed by atoms with van der Waals surface area (Å²) in [6.07, 6.45) is 8.70. The van der Waals surface area contributed by atoms with E-state index in [-0.39, 0.29) is 11.5 Å². The van der Waals surface area contributed by atoms with Crippen LogP contribution in [0.15, 0.2) is 23.3 Å². The predicted molar refractivity (Wildman–Crippen MR) is 118 cm³/mol. The maximum atomic E-state index is 9.67. The minimum Gasteiger partial charge on any atom is -0.504 e. The lowest BCUT2D eigenvalue weighted by atomic mass is 10.1. The van der Waals surface area contributed by atoms with E-state index in [1.807, 2.05) is 0 Å². The van der Waals surface area contributed by atoms with Crippen LogP contribution in [0.1, 0.15) is 44.1 Å². The maximum absolute atomic E-state index is 9.67. The molecule has 0 radical (unpaired) electrons. The lowest BCUT2D eigenvalue weighted by Crippen LogP contribution is -2.35. The van der Waals surface area contributed by atoms with Crippen LogP contribution in [0.2, 0.25) is 0 Å². The molecule has 1 aromatic carbocycles. The molecule has 160 valence electrons. The summed E-state index contributed by atoms with van der Waals surface area (Å²) in [5, 5.41) is 25.2. The van der Waals surface area contributed by atoms with Gasteiger partial charge < -0.3 is 20.0 Å². The monoisotopic (exact) mass is 411 g/mol. The van der Waals surface area contributed by atoms with Crippen molar-refractivity contribution < 1.29 is 10.2 Å². The predicted octanol–water partition coefficient (Wildman–Crippen LogP) is 2.73. The van der Waals surface area contributed by atoms with E-state index in [0.29, 0.717) is 23.4 Å². The summed E-state index contributed by atoms with van der Waals surface area (Å²) in [6, 6.07) is 4.57. The Kier molecular flexibility index (Phi) is 6.15. The Hall–Kier alpha value is -3.10. The molecule has 9 heteroatoms. The number of benzene rings is 1. The molecule has 1 aromatic heterocycles. The third-order valence-corrected chi connectivity index (χ3v) is 5.55. The Morgan fingerprint density at radius 2 is 1.40 bits per heavy atom. The van der Waals surface area contributed by atoms with Gasteiger partial charge >= 0.3 is 0 Å². The van der Waals surface area contributed by atoms with Gasteiger partial charge in [0.2, 0.25) is 11.9 Å². The van der Waals surface area contributed by atoms with Crippen LogP contribution in [0.4, 0.5) is 17.8 Å². The van der Waals surface area contributed by atoms with Crippen molar-refractivity contribution in [3.8, 4) is 11.5 Å². The number of hydrogen-bond donors (Lipinski definition) is 2. The van der Waals surface area contributed by atoms with Crippen LogP contribution in [-0.4, -0.2) is 64.6 Å². The molecule has 3 heterocycles. The molecule has 2 fully saturated rings. The third-order valence-electron chi connectivity index (χ3n) is 5.55. The molecule has 0 bridgehead atoms. The Morgan fingerprint density at radius 3 is 1.93 bits per heavy atom. The molecular formula is C21H29N7O2. The van der Waals surface area contributed by atoms with Crippen molar-refractivity contribution in [3.05, 3.63) is 23.8 Å². The van der Waals surface area contributed by atoms with Crippen LogP contribution >= 0.6 is 0 Å². The van der Waals surface area contributed by atoms with Crippen molar-refractivity contribution in [2.75, 3.05) is 48.0 Å². The number of hydrazone groups is 1. The highest BCUT2D eigenvalue weighted by Gasteiger charge is 2.21. The van der Waals surface area contributed by atoms with Gasteiger partial charge in [-0.05, 0) is 62.3 Å². The summed E-state index contributed by atoms with van der Waals surface area (Å²) in [5.74, 6) is 1.58. The Bertz CT molecular complexity index is 857. The number of phenols is 2. The Balaban J connectivity index is 1.60. The highest BCUT2D eigenvalue weighted by Crippen LogP contribution is 2.25. The topological polar surface area (TPSA) is 101 Å². The third kappa shape index (κ3) is 4.72. The number of rotatable bonds is 5. The zero-order valence-corrected chi connectivity index (χ0v) is 17.4. The van der Waals surface area contributed by atoms with Crippen LogP contribution in [0.5, 0.6) is 11.5 Å². The number of anilines is 3. The number of hydrogen-bond acceptors (Lipinski definition) is 9. The summed E-state index contributed by atoms with van der Waals surface area (Å²) < 4.78 is 0. The van der Waals surface area contributed by atoms with Crippen LogP contribution in [0.3, 0.4) is 0 Å². The fourth-order valence-electron chi connectivity index (χ4n) is 3.78. The minimum atomic E-state index is -0.179. The van der Waals surface area contributed by atoms with Gasteiger partial charge in [-0.25, -0.2) is 5.01 Å². The van der Waals surface area contributed by atoms with Gasteiger partial charge in [0.1, 0.15) is 0 Å². The highest BCUT2D eigenvalue weighted by molar-refractivity contribution is 5.81. The number of nitrogens with zero attached hydrogens (tertiary/aromatic N) is 7. The SMILES string of the molecule is CN(/N=C/c1ccc(O)c(O)c1)c1nc(N2CCCCC2)nc(N2CCCCC2)n1.